The molecular formula is C18H15ClO2S2. The van der Waals surface area contributed by atoms with Gasteiger partial charge in [-0.25, -0.2) is 0 Å². The molecule has 1 atom stereocenters. The van der Waals surface area contributed by atoms with Gasteiger partial charge in [0, 0.05) is 27.1 Å². The van der Waals surface area contributed by atoms with Crippen molar-refractivity contribution in [1.29, 1.82) is 0 Å². The molecule has 0 fully saturated rings. The number of thioether (sulfide) groups is 1. The average Bonchev–Trinajstić information content (AvgIpc) is 3.25. The van der Waals surface area contributed by atoms with Gasteiger partial charge in [0.15, 0.2) is 5.78 Å². The highest BCUT2D eigenvalue weighted by Gasteiger charge is 2.19. The number of furan rings is 1. The molecule has 0 unspecified atom stereocenters. The molecule has 3 aromatic rings. The minimum Gasteiger partial charge on any atom is -0.468 e. The van der Waals surface area contributed by atoms with E-state index in [9.17, 15) is 4.79 Å². The van der Waals surface area contributed by atoms with Crippen LogP contribution in [-0.4, -0.2) is 5.78 Å². The highest BCUT2D eigenvalue weighted by molar-refractivity contribution is 7.98. The molecule has 0 N–H and O–H groups in total. The van der Waals surface area contributed by atoms with E-state index in [4.69, 9.17) is 16.0 Å². The second kappa shape index (κ2) is 7.86. The lowest BCUT2D eigenvalue weighted by Crippen LogP contribution is -2.04. The van der Waals surface area contributed by atoms with Crippen LogP contribution in [0, 0.1) is 0 Å². The Morgan fingerprint density at radius 2 is 2.00 bits per heavy atom. The first-order valence-electron chi connectivity index (χ1n) is 7.18. The van der Waals surface area contributed by atoms with E-state index in [2.05, 4.69) is 6.07 Å². The summed E-state index contributed by atoms with van der Waals surface area (Å²) in [6.07, 6.45) is 2.14. The third-order valence-corrected chi connectivity index (χ3v) is 6.07. The number of benzene rings is 1. The van der Waals surface area contributed by atoms with Crippen LogP contribution < -0.4 is 0 Å². The number of carbonyl (C=O) groups excluding carboxylic acids is 1. The van der Waals surface area contributed by atoms with Crippen molar-refractivity contribution in [2.75, 3.05) is 0 Å². The Bertz CT molecular complexity index is 734. The predicted molar refractivity (Wildman–Crippen MR) is 97.5 cm³/mol. The molecule has 118 valence electrons. The molecule has 2 heterocycles. The maximum absolute atomic E-state index is 12.5. The lowest BCUT2D eigenvalue weighted by atomic mass is 10.1. The quantitative estimate of drug-likeness (QED) is 0.466. The first-order chi connectivity index (χ1) is 11.2. The zero-order valence-electron chi connectivity index (χ0n) is 12.3. The maximum Gasteiger partial charge on any atom is 0.164 e. The van der Waals surface area contributed by atoms with Gasteiger partial charge < -0.3 is 4.42 Å². The van der Waals surface area contributed by atoms with Crippen molar-refractivity contribution in [2.45, 2.75) is 17.4 Å². The van der Waals surface area contributed by atoms with Crippen LogP contribution >= 0.6 is 34.7 Å². The fourth-order valence-electron chi connectivity index (χ4n) is 2.22. The minimum absolute atomic E-state index is 0.128. The van der Waals surface area contributed by atoms with Crippen LogP contribution in [0.2, 0.25) is 5.02 Å². The van der Waals surface area contributed by atoms with Crippen LogP contribution in [0.1, 0.15) is 32.7 Å². The van der Waals surface area contributed by atoms with Gasteiger partial charge in [-0.2, -0.15) is 0 Å². The van der Waals surface area contributed by atoms with Crippen LogP contribution in [0.3, 0.4) is 0 Å². The zero-order valence-corrected chi connectivity index (χ0v) is 14.7. The second-order valence-electron chi connectivity index (χ2n) is 5.03. The van der Waals surface area contributed by atoms with Gasteiger partial charge in [-0.05, 0) is 47.8 Å². The van der Waals surface area contributed by atoms with Crippen LogP contribution in [0.5, 0.6) is 0 Å². The van der Waals surface area contributed by atoms with E-state index in [-0.39, 0.29) is 11.0 Å². The highest BCUT2D eigenvalue weighted by atomic mass is 35.5. The molecule has 0 aliphatic carbocycles. The number of hydrogen-bond acceptors (Lipinski definition) is 4. The Morgan fingerprint density at radius 1 is 1.17 bits per heavy atom. The summed E-state index contributed by atoms with van der Waals surface area (Å²) in [5.41, 5.74) is 0.703. The highest BCUT2D eigenvalue weighted by Crippen LogP contribution is 2.38. The second-order valence-corrected chi connectivity index (χ2v) is 7.64. The van der Waals surface area contributed by atoms with E-state index >= 15 is 0 Å². The standard InChI is InChI=1S/C18H15ClO2S2/c19-14-7-5-13(6-8-14)16(20)11-18(17-4-2-10-22-17)23-12-15-3-1-9-21-15/h1-10,18H,11-12H2/t18-/m0/s1. The van der Waals surface area contributed by atoms with Crippen molar-refractivity contribution < 1.29 is 9.21 Å². The number of hydrogen-bond donors (Lipinski definition) is 0. The lowest BCUT2D eigenvalue weighted by Gasteiger charge is -2.14. The number of rotatable bonds is 7. The molecule has 0 radical (unpaired) electrons. The summed E-state index contributed by atoms with van der Waals surface area (Å²) in [6, 6.07) is 15.0. The molecule has 23 heavy (non-hydrogen) atoms. The Hall–Kier alpha value is -1.49. The van der Waals surface area contributed by atoms with Crippen LogP contribution in [0.15, 0.2) is 64.6 Å². The molecule has 0 aliphatic rings. The number of halogens is 1. The van der Waals surface area contributed by atoms with E-state index in [1.54, 1.807) is 53.6 Å². The third kappa shape index (κ3) is 4.50. The summed E-state index contributed by atoms with van der Waals surface area (Å²) >= 11 is 9.30. The van der Waals surface area contributed by atoms with Crippen molar-refractivity contribution in [3.05, 3.63) is 81.4 Å². The average molecular weight is 363 g/mol. The summed E-state index contributed by atoms with van der Waals surface area (Å²) in [4.78, 5) is 13.8. The third-order valence-electron chi connectivity index (χ3n) is 3.40. The molecule has 3 rings (SSSR count). The Morgan fingerprint density at radius 3 is 2.65 bits per heavy atom. The van der Waals surface area contributed by atoms with E-state index in [1.807, 2.05) is 23.6 Å². The monoisotopic (exact) mass is 362 g/mol. The van der Waals surface area contributed by atoms with E-state index in [0.29, 0.717) is 17.0 Å². The van der Waals surface area contributed by atoms with Crippen LogP contribution in [-0.2, 0) is 5.75 Å². The molecule has 0 saturated carbocycles. The Labute approximate surface area is 148 Å². The maximum atomic E-state index is 12.5. The van der Waals surface area contributed by atoms with Gasteiger partial charge in [-0.3, -0.25) is 4.79 Å². The summed E-state index contributed by atoms with van der Waals surface area (Å²) < 4.78 is 5.39. The predicted octanol–water partition coefficient (Wildman–Crippen LogP) is 6.24. The number of Topliss-reactive ketones (excluding diaryl/α,β-unsaturated/α-hetero) is 1. The van der Waals surface area contributed by atoms with E-state index in [1.165, 1.54) is 4.88 Å². The molecule has 0 bridgehead atoms. The van der Waals surface area contributed by atoms with Gasteiger partial charge in [0.2, 0.25) is 0 Å². The molecule has 0 amide bonds. The smallest absolute Gasteiger partial charge is 0.164 e. The fraction of sp³-hybridized carbons (Fsp3) is 0.167. The van der Waals surface area contributed by atoms with E-state index in [0.717, 1.165) is 11.5 Å². The SMILES string of the molecule is O=C(C[C@H](SCc1ccco1)c1cccs1)c1ccc(Cl)cc1. The molecule has 0 spiro atoms. The topological polar surface area (TPSA) is 30.2 Å². The molecule has 2 aromatic heterocycles. The van der Waals surface area contributed by atoms with Crippen molar-refractivity contribution in [2.24, 2.45) is 0 Å². The molecule has 2 nitrogen and oxygen atoms in total. The fourth-order valence-corrected chi connectivity index (χ4v) is 4.46. The normalized spacial score (nSPS) is 12.2. The minimum atomic E-state index is 0.128. The Kier molecular flexibility index (Phi) is 5.60. The molecule has 0 saturated heterocycles. The number of ketones is 1. The number of carbonyl (C=O) groups is 1. The summed E-state index contributed by atoms with van der Waals surface area (Å²) in [6.45, 7) is 0. The lowest BCUT2D eigenvalue weighted by molar-refractivity contribution is 0.0982. The van der Waals surface area contributed by atoms with Gasteiger partial charge in [0.05, 0.1) is 12.0 Å². The van der Waals surface area contributed by atoms with Crippen LogP contribution in [0.25, 0.3) is 0 Å². The molecule has 1 aromatic carbocycles. The van der Waals surface area contributed by atoms with E-state index < -0.39 is 0 Å². The van der Waals surface area contributed by atoms with Gasteiger partial charge in [-0.1, -0.05) is 17.7 Å². The van der Waals surface area contributed by atoms with Gasteiger partial charge in [0.1, 0.15) is 5.76 Å². The molecule has 0 aliphatic heterocycles. The van der Waals surface area contributed by atoms with Crippen molar-refractivity contribution in [3.63, 3.8) is 0 Å². The van der Waals surface area contributed by atoms with Gasteiger partial charge in [0.25, 0.3) is 0 Å². The summed E-state index contributed by atoms with van der Waals surface area (Å²) in [5.74, 6) is 1.81. The summed E-state index contributed by atoms with van der Waals surface area (Å²) in [7, 11) is 0. The van der Waals surface area contributed by atoms with Gasteiger partial charge >= 0.3 is 0 Å². The molecule has 5 heteroatoms. The summed E-state index contributed by atoms with van der Waals surface area (Å²) in [5, 5.41) is 2.81. The van der Waals surface area contributed by atoms with Crippen molar-refractivity contribution >= 4 is 40.5 Å². The van der Waals surface area contributed by atoms with Crippen LogP contribution in [0.4, 0.5) is 0 Å². The first kappa shape index (κ1) is 16.4. The van der Waals surface area contributed by atoms with Crippen molar-refractivity contribution in [1.82, 2.24) is 0 Å². The van der Waals surface area contributed by atoms with Crippen molar-refractivity contribution in [3.8, 4) is 0 Å². The largest absolute Gasteiger partial charge is 0.468 e. The van der Waals surface area contributed by atoms with Gasteiger partial charge in [-0.15, -0.1) is 23.1 Å². The zero-order chi connectivity index (χ0) is 16.1. The first-order valence-corrected chi connectivity index (χ1v) is 9.49. The number of thiophene rings is 1. The molecular weight excluding hydrogens is 348 g/mol. The Balaban J connectivity index is 1.70.